The summed E-state index contributed by atoms with van der Waals surface area (Å²) >= 11 is 1.76. The average molecular weight is 274 g/mol. The van der Waals surface area contributed by atoms with Gasteiger partial charge in [0.1, 0.15) is 0 Å². The molecule has 0 saturated heterocycles. The minimum atomic E-state index is 0.265. The molecule has 19 heavy (non-hydrogen) atoms. The molecule has 0 amide bonds. The number of aryl methyl sites for hydroxylation is 2. The zero-order chi connectivity index (χ0) is 13.6. The van der Waals surface area contributed by atoms with Crippen LogP contribution in [0.25, 0.3) is 0 Å². The van der Waals surface area contributed by atoms with Crippen LogP contribution in [0.4, 0.5) is 0 Å². The van der Waals surface area contributed by atoms with Crippen molar-refractivity contribution in [1.82, 2.24) is 9.55 Å². The first-order chi connectivity index (χ1) is 9.08. The van der Waals surface area contributed by atoms with Crippen molar-refractivity contribution >= 4 is 17.1 Å². The van der Waals surface area contributed by atoms with Gasteiger partial charge in [-0.3, -0.25) is 4.79 Å². The highest BCUT2D eigenvalue weighted by Crippen LogP contribution is 2.32. The van der Waals surface area contributed by atoms with E-state index >= 15 is 0 Å². The van der Waals surface area contributed by atoms with Crippen LogP contribution in [0, 0.1) is 13.8 Å². The second-order valence-corrected chi connectivity index (χ2v) is 6.45. The molecule has 0 radical (unpaired) electrons. The van der Waals surface area contributed by atoms with Crippen LogP contribution < -0.4 is 0 Å². The summed E-state index contributed by atoms with van der Waals surface area (Å²) in [5.74, 6) is 0.296. The molecule has 0 saturated carbocycles. The summed E-state index contributed by atoms with van der Waals surface area (Å²) in [6, 6.07) is 2.25. The predicted molar refractivity (Wildman–Crippen MR) is 77.1 cm³/mol. The largest absolute Gasteiger partial charge is 0.343 e. The van der Waals surface area contributed by atoms with Crippen molar-refractivity contribution in [2.45, 2.75) is 46.1 Å². The van der Waals surface area contributed by atoms with E-state index in [2.05, 4.69) is 29.6 Å². The van der Waals surface area contributed by atoms with Crippen LogP contribution in [0.1, 0.15) is 57.4 Å². The van der Waals surface area contributed by atoms with Crippen molar-refractivity contribution < 1.29 is 4.79 Å². The number of hydrogen-bond acceptors (Lipinski definition) is 3. The smallest absolute Gasteiger partial charge is 0.164 e. The number of aromatic nitrogens is 2. The molecule has 0 aromatic carbocycles. The number of thiazole rings is 1. The van der Waals surface area contributed by atoms with E-state index in [1.165, 1.54) is 10.6 Å². The zero-order valence-electron chi connectivity index (χ0n) is 11.6. The second kappa shape index (κ2) is 4.60. The number of rotatable bonds is 2. The maximum Gasteiger partial charge on any atom is 0.164 e. The highest BCUT2D eigenvalue weighted by atomic mass is 32.1. The number of hydrogen-bond donors (Lipinski definition) is 0. The molecule has 100 valence electrons. The number of carbonyl (C=O) groups excluding carboxylic acids is 1. The maximum atomic E-state index is 11.9. The van der Waals surface area contributed by atoms with Crippen molar-refractivity contribution in [3.05, 3.63) is 39.1 Å². The first-order valence-corrected chi connectivity index (χ1v) is 7.56. The maximum absolute atomic E-state index is 11.9. The van der Waals surface area contributed by atoms with Crippen LogP contribution in [-0.2, 0) is 6.42 Å². The van der Waals surface area contributed by atoms with E-state index in [1.54, 1.807) is 11.3 Å². The Hall–Kier alpha value is -1.42. The molecule has 1 atom stereocenters. The lowest BCUT2D eigenvalue weighted by Gasteiger charge is -2.20. The van der Waals surface area contributed by atoms with E-state index in [9.17, 15) is 4.79 Å². The zero-order valence-corrected chi connectivity index (χ0v) is 12.4. The highest BCUT2D eigenvalue weighted by molar-refractivity contribution is 7.11. The molecule has 3 rings (SSSR count). The summed E-state index contributed by atoms with van der Waals surface area (Å²) in [5.41, 5.74) is 3.24. The van der Waals surface area contributed by atoms with Gasteiger partial charge in [-0.05, 0) is 39.7 Å². The third-order valence-electron chi connectivity index (χ3n) is 3.88. The Bertz CT molecular complexity index is 639. The van der Waals surface area contributed by atoms with E-state index in [-0.39, 0.29) is 6.04 Å². The standard InChI is InChI=1S/C15H18N2OS/c1-9-15(19-11(3)16-9)10(2)17-8-7-12-13(17)5-4-6-14(12)18/h7-8,10H,4-6H2,1-3H3. The van der Waals surface area contributed by atoms with E-state index < -0.39 is 0 Å². The van der Waals surface area contributed by atoms with Crippen LogP contribution >= 0.6 is 11.3 Å². The molecule has 0 spiro atoms. The third-order valence-corrected chi connectivity index (χ3v) is 5.12. The highest BCUT2D eigenvalue weighted by Gasteiger charge is 2.24. The van der Waals surface area contributed by atoms with E-state index in [1.807, 2.05) is 13.0 Å². The minimum Gasteiger partial charge on any atom is -0.343 e. The molecule has 1 unspecified atom stereocenters. The molecule has 2 aromatic rings. The van der Waals surface area contributed by atoms with Crippen LogP contribution in [0.2, 0.25) is 0 Å². The lowest BCUT2D eigenvalue weighted by atomic mass is 9.96. The van der Waals surface area contributed by atoms with Gasteiger partial charge in [-0.15, -0.1) is 11.3 Å². The molecule has 0 bridgehead atoms. The molecule has 0 N–H and O–H groups in total. The van der Waals surface area contributed by atoms with Gasteiger partial charge < -0.3 is 4.57 Å². The minimum absolute atomic E-state index is 0.265. The van der Waals surface area contributed by atoms with Gasteiger partial charge in [-0.2, -0.15) is 0 Å². The number of carbonyl (C=O) groups is 1. The fourth-order valence-electron chi connectivity index (χ4n) is 2.97. The van der Waals surface area contributed by atoms with Crippen molar-refractivity contribution in [3.63, 3.8) is 0 Å². The molecule has 1 aliphatic rings. The number of ketones is 1. The lowest BCUT2D eigenvalue weighted by Crippen LogP contribution is -2.15. The number of nitrogens with zero attached hydrogens (tertiary/aromatic N) is 2. The van der Waals surface area contributed by atoms with Crippen LogP contribution in [0.5, 0.6) is 0 Å². The first kappa shape index (κ1) is 12.6. The van der Waals surface area contributed by atoms with Crippen LogP contribution in [0.3, 0.4) is 0 Å². The van der Waals surface area contributed by atoms with E-state index in [4.69, 9.17) is 0 Å². The van der Waals surface area contributed by atoms with Gasteiger partial charge in [0.2, 0.25) is 0 Å². The van der Waals surface area contributed by atoms with Gasteiger partial charge >= 0.3 is 0 Å². The molecule has 3 nitrogen and oxygen atoms in total. The molecule has 1 aliphatic carbocycles. The van der Waals surface area contributed by atoms with Crippen molar-refractivity contribution in [2.75, 3.05) is 0 Å². The van der Waals surface area contributed by atoms with Crippen LogP contribution in [0.15, 0.2) is 12.3 Å². The fraction of sp³-hybridized carbons (Fsp3) is 0.467. The molecule has 0 aliphatic heterocycles. The first-order valence-electron chi connectivity index (χ1n) is 6.74. The van der Waals surface area contributed by atoms with E-state index in [0.717, 1.165) is 29.1 Å². The number of Topliss-reactive ketones (excluding diaryl/α,β-unsaturated/α-hetero) is 1. The van der Waals surface area contributed by atoms with Gasteiger partial charge in [0.15, 0.2) is 5.78 Å². The summed E-state index contributed by atoms with van der Waals surface area (Å²) < 4.78 is 2.26. The van der Waals surface area contributed by atoms with E-state index in [0.29, 0.717) is 12.2 Å². The Labute approximate surface area is 117 Å². The summed E-state index contributed by atoms with van der Waals surface area (Å²) in [7, 11) is 0. The summed E-state index contributed by atoms with van der Waals surface area (Å²) in [6.07, 6.45) is 4.75. The summed E-state index contributed by atoms with van der Waals surface area (Å²) in [4.78, 5) is 17.7. The summed E-state index contributed by atoms with van der Waals surface area (Å²) in [5, 5.41) is 1.11. The van der Waals surface area contributed by atoms with Crippen molar-refractivity contribution in [1.29, 1.82) is 0 Å². The van der Waals surface area contributed by atoms with Crippen molar-refractivity contribution in [2.24, 2.45) is 0 Å². The molecule has 0 fully saturated rings. The second-order valence-electron chi connectivity index (χ2n) is 5.22. The Balaban J connectivity index is 2.03. The van der Waals surface area contributed by atoms with Gasteiger partial charge in [0.25, 0.3) is 0 Å². The molecule has 2 heterocycles. The molecular formula is C15H18N2OS. The molecular weight excluding hydrogens is 256 g/mol. The lowest BCUT2D eigenvalue weighted by molar-refractivity contribution is 0.0971. The van der Waals surface area contributed by atoms with Gasteiger partial charge in [0.05, 0.1) is 21.6 Å². The average Bonchev–Trinajstić information content (AvgIpc) is 2.93. The van der Waals surface area contributed by atoms with Crippen LogP contribution in [-0.4, -0.2) is 15.3 Å². The summed E-state index contributed by atoms with van der Waals surface area (Å²) in [6.45, 7) is 6.30. The molecule has 2 aromatic heterocycles. The SMILES string of the molecule is Cc1nc(C)c(C(C)n2ccc3c2CCCC3=O)s1. The van der Waals surface area contributed by atoms with Gasteiger partial charge in [-0.1, -0.05) is 0 Å². The normalized spacial score (nSPS) is 16.5. The van der Waals surface area contributed by atoms with Gasteiger partial charge in [0, 0.05) is 23.9 Å². The Morgan fingerprint density at radius 3 is 2.84 bits per heavy atom. The topological polar surface area (TPSA) is 34.9 Å². The monoisotopic (exact) mass is 274 g/mol. The third kappa shape index (κ3) is 2.04. The van der Waals surface area contributed by atoms with Gasteiger partial charge in [-0.25, -0.2) is 4.98 Å². The Kier molecular flexibility index (Phi) is 3.05. The Morgan fingerprint density at radius 1 is 1.37 bits per heavy atom. The fourth-order valence-corrected chi connectivity index (χ4v) is 3.95. The van der Waals surface area contributed by atoms with Crippen molar-refractivity contribution in [3.8, 4) is 0 Å². The quantitative estimate of drug-likeness (QED) is 0.837. The Morgan fingerprint density at radius 2 is 2.16 bits per heavy atom. The predicted octanol–water partition coefficient (Wildman–Crippen LogP) is 3.69. The molecule has 4 heteroatoms. The number of fused-ring (bicyclic) bond motifs is 1.